The molecule has 1 aliphatic heterocycles. The number of likely N-dealkylation sites (tertiary alicyclic amines) is 1. The van der Waals surface area contributed by atoms with E-state index in [0.29, 0.717) is 18.6 Å². The minimum atomic E-state index is 0.0815. The molecule has 0 spiro atoms. The molecule has 0 unspecified atom stereocenters. The van der Waals surface area contributed by atoms with Crippen LogP contribution in [0.25, 0.3) is 0 Å². The SMILES string of the molecule is COCC(=O)N1[C@H]2CC[C@@H](C2)[C@@H]1COc1ccc(OC)cc1. The van der Waals surface area contributed by atoms with Crippen molar-refractivity contribution in [3.05, 3.63) is 24.3 Å². The fourth-order valence-corrected chi connectivity index (χ4v) is 3.75. The van der Waals surface area contributed by atoms with Crippen LogP contribution in [-0.2, 0) is 9.53 Å². The summed E-state index contributed by atoms with van der Waals surface area (Å²) in [7, 11) is 3.21. The Morgan fingerprint density at radius 1 is 1.18 bits per heavy atom. The first-order valence-electron chi connectivity index (χ1n) is 7.80. The number of carbonyl (C=O) groups excluding carboxylic acids is 1. The van der Waals surface area contributed by atoms with Crippen molar-refractivity contribution in [1.82, 2.24) is 4.90 Å². The molecule has 120 valence electrons. The van der Waals surface area contributed by atoms with Crippen LogP contribution in [-0.4, -0.2) is 50.3 Å². The molecule has 0 radical (unpaired) electrons. The van der Waals surface area contributed by atoms with E-state index in [-0.39, 0.29) is 18.6 Å². The van der Waals surface area contributed by atoms with Gasteiger partial charge in [0, 0.05) is 13.2 Å². The second-order valence-electron chi connectivity index (χ2n) is 6.01. The molecule has 1 aromatic rings. The first-order chi connectivity index (χ1) is 10.7. The molecule has 3 rings (SSSR count). The standard InChI is InChI=1S/C17H23NO4/c1-20-11-17(19)18-13-4-3-12(9-13)16(18)10-22-15-7-5-14(21-2)6-8-15/h5-8,12-13,16H,3-4,9-11H2,1-2H3/t12-,13-,16-/m0/s1. The third kappa shape index (κ3) is 2.90. The zero-order chi connectivity index (χ0) is 15.5. The summed E-state index contributed by atoms with van der Waals surface area (Å²) in [5.41, 5.74) is 0. The highest BCUT2D eigenvalue weighted by molar-refractivity contribution is 5.78. The zero-order valence-corrected chi connectivity index (χ0v) is 13.2. The maximum Gasteiger partial charge on any atom is 0.249 e. The Morgan fingerprint density at radius 2 is 1.91 bits per heavy atom. The van der Waals surface area contributed by atoms with Crippen LogP contribution >= 0.6 is 0 Å². The van der Waals surface area contributed by atoms with Gasteiger partial charge >= 0.3 is 0 Å². The van der Waals surface area contributed by atoms with Gasteiger partial charge in [0.05, 0.1) is 13.2 Å². The van der Waals surface area contributed by atoms with Crippen molar-refractivity contribution in [3.63, 3.8) is 0 Å². The fourth-order valence-electron chi connectivity index (χ4n) is 3.75. The fraction of sp³-hybridized carbons (Fsp3) is 0.588. The van der Waals surface area contributed by atoms with Crippen LogP contribution in [0.3, 0.4) is 0 Å². The average molecular weight is 305 g/mol. The predicted octanol–water partition coefficient (Wildman–Crippen LogP) is 2.10. The van der Waals surface area contributed by atoms with Gasteiger partial charge in [-0.15, -0.1) is 0 Å². The van der Waals surface area contributed by atoms with Crippen molar-refractivity contribution in [3.8, 4) is 11.5 Å². The number of hydrogen-bond donors (Lipinski definition) is 0. The van der Waals surface area contributed by atoms with Gasteiger partial charge in [0.25, 0.3) is 0 Å². The summed E-state index contributed by atoms with van der Waals surface area (Å²) >= 11 is 0. The summed E-state index contributed by atoms with van der Waals surface area (Å²) in [5.74, 6) is 2.26. The number of nitrogens with zero attached hydrogens (tertiary/aromatic N) is 1. The van der Waals surface area contributed by atoms with E-state index in [4.69, 9.17) is 14.2 Å². The third-order valence-corrected chi connectivity index (χ3v) is 4.78. The zero-order valence-electron chi connectivity index (χ0n) is 13.2. The molecule has 5 nitrogen and oxygen atoms in total. The maximum atomic E-state index is 12.3. The number of piperidine rings is 1. The monoisotopic (exact) mass is 305 g/mol. The number of carbonyl (C=O) groups is 1. The number of amides is 1. The Hall–Kier alpha value is -1.75. The highest BCUT2D eigenvalue weighted by atomic mass is 16.5. The molecule has 22 heavy (non-hydrogen) atoms. The number of hydrogen-bond acceptors (Lipinski definition) is 4. The lowest BCUT2D eigenvalue weighted by atomic mass is 9.99. The summed E-state index contributed by atoms with van der Waals surface area (Å²) in [6, 6.07) is 8.09. The number of methoxy groups -OCH3 is 2. The summed E-state index contributed by atoms with van der Waals surface area (Å²) in [6.45, 7) is 0.700. The normalized spacial score (nSPS) is 26.3. The molecule has 1 aromatic carbocycles. The van der Waals surface area contributed by atoms with Gasteiger partial charge in [-0.2, -0.15) is 0 Å². The Morgan fingerprint density at radius 3 is 2.59 bits per heavy atom. The van der Waals surface area contributed by atoms with Crippen molar-refractivity contribution in [1.29, 1.82) is 0 Å². The molecular formula is C17H23NO4. The average Bonchev–Trinajstić information content (AvgIpc) is 3.14. The van der Waals surface area contributed by atoms with Gasteiger partial charge in [0.2, 0.25) is 5.91 Å². The lowest BCUT2D eigenvalue weighted by Crippen LogP contribution is -2.49. The van der Waals surface area contributed by atoms with Crippen LogP contribution in [0.2, 0.25) is 0 Å². The molecule has 0 N–H and O–H groups in total. The van der Waals surface area contributed by atoms with E-state index in [1.165, 1.54) is 6.42 Å². The van der Waals surface area contributed by atoms with Crippen molar-refractivity contribution in [2.24, 2.45) is 5.92 Å². The minimum absolute atomic E-state index is 0.0815. The van der Waals surface area contributed by atoms with Gasteiger partial charge in [-0.3, -0.25) is 4.79 Å². The second kappa shape index (κ2) is 6.57. The molecule has 1 saturated carbocycles. The molecule has 0 aromatic heterocycles. The van der Waals surface area contributed by atoms with E-state index in [1.54, 1.807) is 14.2 Å². The molecule has 1 amide bonds. The Balaban J connectivity index is 1.63. The summed E-state index contributed by atoms with van der Waals surface area (Å²) in [5, 5.41) is 0. The molecule has 2 bridgehead atoms. The molecule has 2 fully saturated rings. The predicted molar refractivity (Wildman–Crippen MR) is 82.1 cm³/mol. The Labute approximate surface area is 131 Å². The van der Waals surface area contributed by atoms with Crippen LogP contribution in [0.1, 0.15) is 19.3 Å². The van der Waals surface area contributed by atoms with Crippen LogP contribution in [0.15, 0.2) is 24.3 Å². The van der Waals surface area contributed by atoms with Crippen LogP contribution in [0.5, 0.6) is 11.5 Å². The van der Waals surface area contributed by atoms with E-state index < -0.39 is 0 Å². The minimum Gasteiger partial charge on any atom is -0.497 e. The molecule has 2 aliphatic rings. The van der Waals surface area contributed by atoms with Gasteiger partial charge in [-0.1, -0.05) is 0 Å². The lowest BCUT2D eigenvalue weighted by molar-refractivity contribution is -0.140. The van der Waals surface area contributed by atoms with Crippen molar-refractivity contribution in [2.75, 3.05) is 27.4 Å². The van der Waals surface area contributed by atoms with Gasteiger partial charge in [-0.25, -0.2) is 0 Å². The summed E-state index contributed by atoms with van der Waals surface area (Å²) in [6.07, 6.45) is 3.41. The van der Waals surface area contributed by atoms with Crippen molar-refractivity contribution < 1.29 is 19.0 Å². The first-order valence-corrected chi connectivity index (χ1v) is 7.80. The number of fused-ring (bicyclic) bond motifs is 2. The molecule has 5 heteroatoms. The van der Waals surface area contributed by atoms with Crippen molar-refractivity contribution in [2.45, 2.75) is 31.3 Å². The molecule has 1 heterocycles. The molecule has 1 aliphatic carbocycles. The van der Waals surface area contributed by atoms with E-state index in [0.717, 1.165) is 24.3 Å². The number of rotatable bonds is 6. The topological polar surface area (TPSA) is 48.0 Å². The van der Waals surface area contributed by atoms with Gasteiger partial charge in [0.15, 0.2) is 0 Å². The Kier molecular flexibility index (Phi) is 4.52. The smallest absolute Gasteiger partial charge is 0.249 e. The van der Waals surface area contributed by atoms with Gasteiger partial charge in [-0.05, 0) is 49.4 Å². The van der Waals surface area contributed by atoms with Crippen LogP contribution in [0.4, 0.5) is 0 Å². The van der Waals surface area contributed by atoms with Gasteiger partial charge < -0.3 is 19.1 Å². The van der Waals surface area contributed by atoms with E-state index in [2.05, 4.69) is 0 Å². The number of ether oxygens (including phenoxy) is 3. The summed E-state index contributed by atoms with van der Waals surface area (Å²) in [4.78, 5) is 14.3. The van der Waals surface area contributed by atoms with Crippen LogP contribution < -0.4 is 9.47 Å². The van der Waals surface area contributed by atoms with E-state index in [1.807, 2.05) is 29.2 Å². The number of benzene rings is 1. The van der Waals surface area contributed by atoms with Gasteiger partial charge in [0.1, 0.15) is 24.7 Å². The lowest BCUT2D eigenvalue weighted by Gasteiger charge is -2.35. The highest BCUT2D eigenvalue weighted by Crippen LogP contribution is 2.42. The molecular weight excluding hydrogens is 282 g/mol. The summed E-state index contributed by atoms with van der Waals surface area (Å²) < 4.78 is 16.1. The highest BCUT2D eigenvalue weighted by Gasteiger charge is 2.48. The largest absolute Gasteiger partial charge is 0.497 e. The van der Waals surface area contributed by atoms with E-state index >= 15 is 0 Å². The first kappa shape index (κ1) is 15.2. The van der Waals surface area contributed by atoms with E-state index in [9.17, 15) is 4.79 Å². The molecule has 3 atom stereocenters. The maximum absolute atomic E-state index is 12.3. The second-order valence-corrected chi connectivity index (χ2v) is 6.01. The van der Waals surface area contributed by atoms with Crippen molar-refractivity contribution >= 4 is 5.91 Å². The molecule has 1 saturated heterocycles. The Bertz CT molecular complexity index is 516. The third-order valence-electron chi connectivity index (χ3n) is 4.78. The quantitative estimate of drug-likeness (QED) is 0.807. The van der Waals surface area contributed by atoms with Crippen LogP contribution in [0, 0.1) is 5.92 Å².